The first-order valence-corrected chi connectivity index (χ1v) is 7.68. The van der Waals surface area contributed by atoms with E-state index in [-0.39, 0.29) is 0 Å². The molecule has 1 aliphatic rings. The van der Waals surface area contributed by atoms with E-state index in [0.717, 1.165) is 24.3 Å². The number of para-hydroxylation sites is 1. The van der Waals surface area contributed by atoms with Gasteiger partial charge < -0.3 is 4.52 Å². The third-order valence-corrected chi connectivity index (χ3v) is 4.64. The number of hydrogen-bond acceptors (Lipinski definition) is 3. The molecule has 1 aromatic rings. The second-order valence-electron chi connectivity index (χ2n) is 5.16. The molecule has 0 saturated carbocycles. The van der Waals surface area contributed by atoms with Crippen LogP contribution in [0.15, 0.2) is 30.3 Å². The first-order chi connectivity index (χ1) is 12.4. The van der Waals surface area contributed by atoms with E-state index < -0.39 is 50.3 Å². The van der Waals surface area contributed by atoms with E-state index in [0.29, 0.717) is 0 Å². The molecule has 1 aliphatic heterocycles. The first kappa shape index (κ1) is 22.8. The summed E-state index contributed by atoms with van der Waals surface area (Å²) in [4.78, 5) is 0. The zero-order chi connectivity index (χ0) is 21.8. The fourth-order valence-electron chi connectivity index (χ4n) is 2.30. The smallest absolute Gasteiger partial charge is 0.427 e. The highest BCUT2D eigenvalue weighted by atomic mass is 31.2. The van der Waals surface area contributed by atoms with Crippen molar-refractivity contribution in [1.82, 2.24) is 0 Å². The lowest BCUT2D eigenvalue weighted by Crippen LogP contribution is -2.79. The third-order valence-electron chi connectivity index (χ3n) is 3.44. The molecule has 2 rings (SSSR count). The Morgan fingerprint density at radius 1 is 0.607 bits per heavy atom. The molecule has 0 atom stereocenters. The predicted octanol–water partition coefficient (Wildman–Crippen LogP) is 6.07. The van der Waals surface area contributed by atoms with E-state index in [4.69, 9.17) is 0 Å². The minimum atomic E-state index is -7.24. The molecule has 0 amide bonds. The molecule has 0 bridgehead atoms. The molecule has 1 heterocycles. The van der Waals surface area contributed by atoms with Gasteiger partial charge >= 0.3 is 44.5 Å². The van der Waals surface area contributed by atoms with Crippen LogP contribution in [-0.2, 0) is 9.05 Å². The summed E-state index contributed by atoms with van der Waals surface area (Å²) in [5, 5.41) is 0. The van der Waals surface area contributed by atoms with Crippen molar-refractivity contribution in [3.63, 3.8) is 0 Å². The van der Waals surface area contributed by atoms with Crippen LogP contribution >= 0.6 is 8.60 Å². The summed E-state index contributed by atoms with van der Waals surface area (Å²) in [5.41, 5.74) is -13.6. The van der Waals surface area contributed by atoms with E-state index in [2.05, 4.69) is 13.6 Å². The summed E-state index contributed by atoms with van der Waals surface area (Å²) in [7, 11) is -4.43. The molecule has 1 aromatic carbocycles. The largest absolute Gasteiger partial charge is 0.430 e. The molecule has 1 saturated heterocycles. The van der Waals surface area contributed by atoms with Crippen LogP contribution in [-0.4, -0.2) is 35.9 Å². The maximum absolute atomic E-state index is 13.2. The summed E-state index contributed by atoms with van der Waals surface area (Å²) in [6.45, 7) is 0. The summed E-state index contributed by atoms with van der Waals surface area (Å²) in [6, 6.07) is 5.10. The van der Waals surface area contributed by atoms with Crippen molar-refractivity contribution in [3.05, 3.63) is 30.3 Å². The quantitative estimate of drug-likeness (QED) is 0.400. The average Bonchev–Trinajstić information content (AvgIpc) is 2.84. The molecule has 0 unspecified atom stereocenters. The van der Waals surface area contributed by atoms with Gasteiger partial charge in [0.25, 0.3) is 0 Å². The zero-order valence-electron chi connectivity index (χ0n) is 12.6. The molecule has 28 heavy (non-hydrogen) atoms. The van der Waals surface area contributed by atoms with Gasteiger partial charge in [-0.25, -0.2) is 0 Å². The Kier molecular flexibility index (Phi) is 5.31. The van der Waals surface area contributed by atoms with Crippen LogP contribution < -0.4 is 4.52 Å². The zero-order valence-corrected chi connectivity index (χ0v) is 13.5. The maximum Gasteiger partial charge on any atom is 0.430 e. The maximum atomic E-state index is 13.2. The van der Waals surface area contributed by atoms with Crippen LogP contribution in [0.5, 0.6) is 5.75 Å². The Hall–Kier alpha value is -1.47. The van der Waals surface area contributed by atoms with Crippen LogP contribution in [0.3, 0.4) is 0 Å². The molecule has 16 heteroatoms. The van der Waals surface area contributed by atoms with Gasteiger partial charge in [-0.15, -0.1) is 0 Å². The highest BCUT2D eigenvalue weighted by molar-refractivity contribution is 7.42. The van der Waals surface area contributed by atoms with Gasteiger partial charge in [-0.1, -0.05) is 18.2 Å². The summed E-state index contributed by atoms with van der Waals surface area (Å²) in [5.74, 6) is -0.688. The standard InChI is InChI=1S/C12H5F12O3P/c13-9(14,15)7(10(16,17)18)8(11(19,20)21,12(22,23)24)27-28(26-7)25-6-4-2-1-3-5-6/h1-5H. The normalized spacial score (nSPS) is 21.0. The Morgan fingerprint density at radius 2 is 0.929 bits per heavy atom. The Morgan fingerprint density at radius 3 is 1.21 bits per heavy atom. The molecule has 0 spiro atoms. The number of hydrogen-bond donors (Lipinski definition) is 0. The topological polar surface area (TPSA) is 27.7 Å². The lowest BCUT2D eigenvalue weighted by molar-refractivity contribution is -0.464. The summed E-state index contributed by atoms with van der Waals surface area (Å²) in [6.07, 6.45) is -29.0. The monoisotopic (exact) mass is 456 g/mol. The second-order valence-corrected chi connectivity index (χ2v) is 6.16. The van der Waals surface area contributed by atoms with Gasteiger partial charge in [0.15, 0.2) is 0 Å². The van der Waals surface area contributed by atoms with Crippen LogP contribution in [0.25, 0.3) is 0 Å². The Bertz CT molecular complexity index is 625. The molecule has 0 radical (unpaired) electrons. The van der Waals surface area contributed by atoms with Crippen LogP contribution in [0.2, 0.25) is 0 Å². The van der Waals surface area contributed by atoms with E-state index in [1.807, 2.05) is 0 Å². The lowest BCUT2D eigenvalue weighted by atomic mass is 9.79. The molecular formula is C12H5F12O3P. The molecular weight excluding hydrogens is 451 g/mol. The van der Waals surface area contributed by atoms with Crippen molar-refractivity contribution in [2.24, 2.45) is 0 Å². The van der Waals surface area contributed by atoms with E-state index >= 15 is 0 Å². The van der Waals surface area contributed by atoms with Crippen molar-refractivity contribution in [2.45, 2.75) is 35.9 Å². The first-order valence-electron chi connectivity index (χ1n) is 6.59. The third kappa shape index (κ3) is 3.16. The van der Waals surface area contributed by atoms with E-state index in [9.17, 15) is 52.7 Å². The molecule has 1 fully saturated rings. The Balaban J connectivity index is 2.76. The molecule has 0 N–H and O–H groups in total. The van der Waals surface area contributed by atoms with Gasteiger partial charge in [0.05, 0.1) is 0 Å². The van der Waals surface area contributed by atoms with Gasteiger partial charge in [-0.05, 0) is 12.1 Å². The van der Waals surface area contributed by atoms with Gasteiger partial charge in [-0.2, -0.15) is 52.7 Å². The van der Waals surface area contributed by atoms with Crippen LogP contribution in [0, 0.1) is 0 Å². The lowest BCUT2D eigenvalue weighted by Gasteiger charge is -2.44. The molecule has 160 valence electrons. The van der Waals surface area contributed by atoms with E-state index in [1.165, 1.54) is 6.07 Å². The van der Waals surface area contributed by atoms with Crippen molar-refractivity contribution < 1.29 is 66.3 Å². The summed E-state index contributed by atoms with van der Waals surface area (Å²) < 4.78 is 169. The second kappa shape index (κ2) is 6.52. The predicted molar refractivity (Wildman–Crippen MR) is 65.8 cm³/mol. The highest BCUT2D eigenvalue weighted by Gasteiger charge is 3.00. The molecule has 3 nitrogen and oxygen atoms in total. The summed E-state index contributed by atoms with van der Waals surface area (Å²) >= 11 is 0. The fourth-order valence-corrected chi connectivity index (χ4v) is 3.83. The van der Waals surface area contributed by atoms with Crippen molar-refractivity contribution in [3.8, 4) is 5.75 Å². The van der Waals surface area contributed by atoms with Crippen LogP contribution in [0.4, 0.5) is 52.7 Å². The fraction of sp³-hybridized carbons (Fsp3) is 0.500. The minimum Gasteiger partial charge on any atom is -0.427 e. The number of benzene rings is 1. The van der Waals surface area contributed by atoms with Gasteiger partial charge in [-0.3, -0.25) is 9.05 Å². The van der Waals surface area contributed by atoms with Crippen LogP contribution in [0.1, 0.15) is 0 Å². The van der Waals surface area contributed by atoms with Crippen molar-refractivity contribution >= 4 is 8.60 Å². The number of alkyl halides is 12. The SMILES string of the molecule is FC(F)(F)C1(C(F)(F)F)OP(Oc2ccccc2)OC1(C(F)(F)F)C(F)(F)F. The highest BCUT2D eigenvalue weighted by Crippen LogP contribution is 2.74. The van der Waals surface area contributed by atoms with Crippen molar-refractivity contribution in [1.29, 1.82) is 0 Å². The van der Waals surface area contributed by atoms with E-state index in [1.54, 1.807) is 0 Å². The van der Waals surface area contributed by atoms with Gasteiger partial charge in [0, 0.05) is 0 Å². The van der Waals surface area contributed by atoms with Gasteiger partial charge in [0.1, 0.15) is 5.75 Å². The molecule has 0 aliphatic carbocycles. The number of halogens is 12. The number of rotatable bonds is 2. The van der Waals surface area contributed by atoms with Gasteiger partial charge in [0.2, 0.25) is 0 Å². The Labute approximate surface area is 148 Å². The average molecular weight is 456 g/mol. The van der Waals surface area contributed by atoms with Crippen molar-refractivity contribution in [2.75, 3.05) is 0 Å². The molecule has 0 aromatic heterocycles. The minimum absolute atomic E-state index is 0.688.